The van der Waals surface area contributed by atoms with Crippen molar-refractivity contribution in [3.63, 3.8) is 0 Å². The summed E-state index contributed by atoms with van der Waals surface area (Å²) in [4.78, 5) is 29.9. The van der Waals surface area contributed by atoms with Gasteiger partial charge in [0, 0.05) is 11.1 Å². The lowest BCUT2D eigenvalue weighted by atomic mass is 9.88. The highest BCUT2D eigenvalue weighted by atomic mass is 32.1. The van der Waals surface area contributed by atoms with E-state index in [1.807, 2.05) is 6.07 Å². The average Bonchev–Trinajstić information content (AvgIpc) is 2.99. The van der Waals surface area contributed by atoms with Crippen LogP contribution in [0.25, 0.3) is 0 Å². The first-order valence-corrected chi connectivity index (χ1v) is 9.72. The van der Waals surface area contributed by atoms with E-state index in [0.717, 1.165) is 29.7 Å². The number of esters is 1. The number of rotatable bonds is 5. The molecule has 0 aliphatic heterocycles. The van der Waals surface area contributed by atoms with Crippen molar-refractivity contribution in [1.82, 2.24) is 10.4 Å². The van der Waals surface area contributed by atoms with E-state index < -0.39 is 12.0 Å². The number of hydrazone groups is 1. The van der Waals surface area contributed by atoms with E-state index in [1.165, 1.54) is 17.6 Å². The molecule has 0 aromatic carbocycles. The summed E-state index contributed by atoms with van der Waals surface area (Å²) < 4.78 is 5.20. The molecular weight excluding hydrogens is 364 g/mol. The molecule has 0 saturated carbocycles. The summed E-state index contributed by atoms with van der Waals surface area (Å²) in [5.74, 6) is 0.174. The zero-order chi connectivity index (χ0) is 19.2. The first-order valence-electron chi connectivity index (χ1n) is 8.91. The Morgan fingerprint density at radius 3 is 3.04 bits per heavy atom. The number of carbonyl (C=O) groups excluding carboxylic acids is 2. The number of anilines is 1. The molecule has 1 aliphatic carbocycles. The van der Waals surface area contributed by atoms with Crippen LogP contribution in [0.3, 0.4) is 0 Å². The molecule has 1 unspecified atom stereocenters. The number of nitrogens with one attached hydrogen (secondary N) is 2. The largest absolute Gasteiger partial charge is 0.462 e. The third-order valence-corrected chi connectivity index (χ3v) is 5.44. The van der Waals surface area contributed by atoms with Crippen LogP contribution in [0.15, 0.2) is 29.5 Å². The fraction of sp³-hybridized carbons (Fsp3) is 0.368. The Bertz CT molecular complexity index is 848. The summed E-state index contributed by atoms with van der Waals surface area (Å²) in [5, 5.41) is 7.14. The van der Waals surface area contributed by atoms with E-state index in [2.05, 4.69) is 27.8 Å². The van der Waals surface area contributed by atoms with Crippen LogP contribution in [-0.2, 0) is 17.6 Å². The van der Waals surface area contributed by atoms with Crippen molar-refractivity contribution in [2.75, 3.05) is 11.9 Å². The zero-order valence-corrected chi connectivity index (χ0v) is 16.1. The number of carbonyl (C=O) groups is 2. The summed E-state index contributed by atoms with van der Waals surface area (Å²) in [5.41, 5.74) is 4.51. The Morgan fingerprint density at radius 1 is 1.44 bits per heavy atom. The second-order valence-electron chi connectivity index (χ2n) is 6.36. The number of nitrogens with zero attached hydrogens (tertiary/aromatic N) is 2. The Kier molecular flexibility index (Phi) is 6.18. The topological polar surface area (TPSA) is 92.7 Å². The molecule has 8 heteroatoms. The van der Waals surface area contributed by atoms with E-state index in [4.69, 9.17) is 4.74 Å². The standard InChI is InChI=1S/C19H22N4O3S/c1-3-26-18(24)16-14-8-7-12(2)10-15(14)27-17(16)22-19(25)23-21-11-13-6-4-5-9-20-13/h4-6,9,11-12H,3,7-8,10H2,1-2H3,(H2,22,23,25)/b21-11-. The first-order chi connectivity index (χ1) is 13.1. The van der Waals surface area contributed by atoms with Gasteiger partial charge in [-0.3, -0.25) is 10.3 Å². The van der Waals surface area contributed by atoms with Crippen LogP contribution < -0.4 is 10.7 Å². The van der Waals surface area contributed by atoms with Crippen LogP contribution in [0.4, 0.5) is 9.80 Å². The van der Waals surface area contributed by atoms with E-state index in [1.54, 1.807) is 25.3 Å². The van der Waals surface area contributed by atoms with Gasteiger partial charge in [-0.05, 0) is 49.8 Å². The molecule has 1 aliphatic rings. The maximum Gasteiger partial charge on any atom is 0.341 e. The van der Waals surface area contributed by atoms with Gasteiger partial charge in [0.25, 0.3) is 0 Å². The summed E-state index contributed by atoms with van der Waals surface area (Å²) in [6.45, 7) is 4.25. The molecule has 0 saturated heterocycles. The van der Waals surface area contributed by atoms with Crippen molar-refractivity contribution in [3.8, 4) is 0 Å². The average molecular weight is 386 g/mol. The molecule has 3 rings (SSSR count). The van der Waals surface area contributed by atoms with Gasteiger partial charge in [-0.2, -0.15) is 5.10 Å². The minimum atomic E-state index is -0.514. The maximum absolute atomic E-state index is 12.4. The van der Waals surface area contributed by atoms with Gasteiger partial charge in [-0.25, -0.2) is 15.0 Å². The number of aromatic nitrogens is 1. The Morgan fingerprint density at radius 2 is 2.30 bits per heavy atom. The maximum atomic E-state index is 12.4. The number of amides is 2. The van der Waals surface area contributed by atoms with Crippen LogP contribution in [-0.4, -0.2) is 29.8 Å². The molecule has 2 amide bonds. The fourth-order valence-corrected chi connectivity index (χ4v) is 4.39. The minimum absolute atomic E-state index is 0.292. The molecule has 0 fully saturated rings. The summed E-state index contributed by atoms with van der Waals surface area (Å²) in [6.07, 6.45) is 5.85. The number of fused-ring (bicyclic) bond motifs is 1. The van der Waals surface area contributed by atoms with Crippen LogP contribution in [0, 0.1) is 5.92 Å². The molecule has 0 radical (unpaired) electrons. The van der Waals surface area contributed by atoms with Crippen LogP contribution >= 0.6 is 11.3 Å². The fourth-order valence-electron chi connectivity index (χ4n) is 3.00. The smallest absolute Gasteiger partial charge is 0.341 e. The Hall–Kier alpha value is -2.74. The molecule has 1 atom stereocenters. The first kappa shape index (κ1) is 19.0. The monoisotopic (exact) mass is 386 g/mol. The minimum Gasteiger partial charge on any atom is -0.462 e. The molecule has 7 nitrogen and oxygen atoms in total. The molecule has 142 valence electrons. The third-order valence-electron chi connectivity index (χ3n) is 4.27. The van der Waals surface area contributed by atoms with Gasteiger partial charge in [0.2, 0.25) is 0 Å². The Balaban J connectivity index is 1.74. The Labute approximate surface area is 161 Å². The molecular formula is C19H22N4O3S. The lowest BCUT2D eigenvalue weighted by Crippen LogP contribution is -2.25. The zero-order valence-electron chi connectivity index (χ0n) is 15.3. The predicted molar refractivity (Wildman–Crippen MR) is 105 cm³/mol. The van der Waals surface area contributed by atoms with Gasteiger partial charge in [0.05, 0.1) is 24.1 Å². The van der Waals surface area contributed by atoms with Crippen molar-refractivity contribution in [2.24, 2.45) is 11.0 Å². The molecule has 2 aromatic heterocycles. The van der Waals surface area contributed by atoms with Crippen molar-refractivity contribution in [1.29, 1.82) is 0 Å². The SMILES string of the molecule is CCOC(=O)c1c(NC(=O)N/N=C\c2ccccn2)sc2c1CCC(C)C2. The van der Waals surface area contributed by atoms with Gasteiger partial charge in [-0.1, -0.05) is 13.0 Å². The normalized spacial score (nSPS) is 16.0. The van der Waals surface area contributed by atoms with Crippen LogP contribution in [0.1, 0.15) is 46.8 Å². The highest BCUT2D eigenvalue weighted by molar-refractivity contribution is 7.17. The lowest BCUT2D eigenvalue weighted by molar-refractivity contribution is 0.0526. The quantitative estimate of drug-likeness (QED) is 0.466. The van der Waals surface area contributed by atoms with Gasteiger partial charge >= 0.3 is 12.0 Å². The van der Waals surface area contributed by atoms with Crippen molar-refractivity contribution in [2.45, 2.75) is 33.1 Å². The molecule has 0 bridgehead atoms. The number of hydrogen-bond donors (Lipinski definition) is 2. The van der Waals surface area contributed by atoms with Crippen molar-refractivity contribution < 1.29 is 14.3 Å². The highest BCUT2D eigenvalue weighted by Crippen LogP contribution is 2.40. The van der Waals surface area contributed by atoms with E-state index in [9.17, 15) is 9.59 Å². The summed E-state index contributed by atoms with van der Waals surface area (Å²) in [7, 11) is 0. The lowest BCUT2D eigenvalue weighted by Gasteiger charge is -2.18. The van der Waals surface area contributed by atoms with Gasteiger partial charge in [-0.15, -0.1) is 11.3 Å². The van der Waals surface area contributed by atoms with Crippen molar-refractivity contribution >= 4 is 34.6 Å². The summed E-state index contributed by atoms with van der Waals surface area (Å²) >= 11 is 1.44. The number of urea groups is 1. The summed E-state index contributed by atoms with van der Waals surface area (Å²) in [6, 6.07) is 4.89. The van der Waals surface area contributed by atoms with E-state index in [-0.39, 0.29) is 0 Å². The van der Waals surface area contributed by atoms with E-state index >= 15 is 0 Å². The highest BCUT2D eigenvalue weighted by Gasteiger charge is 2.29. The number of thiophene rings is 1. The van der Waals surface area contributed by atoms with Crippen LogP contribution in [0.2, 0.25) is 0 Å². The third kappa shape index (κ3) is 4.71. The van der Waals surface area contributed by atoms with Crippen molar-refractivity contribution in [3.05, 3.63) is 46.1 Å². The van der Waals surface area contributed by atoms with E-state index in [0.29, 0.717) is 28.8 Å². The molecule has 0 spiro atoms. The van der Waals surface area contributed by atoms with Gasteiger partial charge in [0.1, 0.15) is 5.00 Å². The second kappa shape index (κ2) is 8.77. The van der Waals surface area contributed by atoms with Gasteiger partial charge in [0.15, 0.2) is 0 Å². The number of ether oxygens (including phenoxy) is 1. The molecule has 27 heavy (non-hydrogen) atoms. The van der Waals surface area contributed by atoms with Gasteiger partial charge < -0.3 is 4.74 Å². The second-order valence-corrected chi connectivity index (χ2v) is 7.46. The molecule has 2 N–H and O–H groups in total. The molecule has 2 aromatic rings. The predicted octanol–water partition coefficient (Wildman–Crippen LogP) is 3.60. The molecule has 2 heterocycles. The number of hydrogen-bond acceptors (Lipinski definition) is 6. The van der Waals surface area contributed by atoms with Crippen LogP contribution in [0.5, 0.6) is 0 Å². The number of pyridine rings is 1.